The second kappa shape index (κ2) is 11.4. The number of pyridine rings is 1. The predicted molar refractivity (Wildman–Crippen MR) is 179 cm³/mol. The van der Waals surface area contributed by atoms with E-state index in [0.717, 1.165) is 32.9 Å². The van der Waals surface area contributed by atoms with E-state index in [1.54, 1.807) is 24.3 Å². The van der Waals surface area contributed by atoms with Crippen LogP contribution in [0.4, 0.5) is 23.2 Å². The largest absolute Gasteiger partial charge is 0.247 e. The molecule has 0 fully saturated rings. The van der Waals surface area contributed by atoms with Crippen molar-refractivity contribution in [3.05, 3.63) is 149 Å². The minimum Gasteiger partial charge on any atom is -0.247 e. The zero-order valence-corrected chi connectivity index (χ0v) is 25.1. The molecule has 0 N–H and O–H groups in total. The lowest BCUT2D eigenvalue weighted by Gasteiger charge is -2.13. The minimum absolute atomic E-state index is 0.126. The van der Waals surface area contributed by atoms with Crippen molar-refractivity contribution in [2.24, 2.45) is 0 Å². The van der Waals surface area contributed by atoms with Gasteiger partial charge in [0.25, 0.3) is 0 Å². The van der Waals surface area contributed by atoms with Gasteiger partial charge in [-0.15, -0.1) is 10.2 Å². The molecule has 0 amide bonds. The summed E-state index contributed by atoms with van der Waals surface area (Å²) in [4.78, 5) is 10.1. The summed E-state index contributed by atoms with van der Waals surface area (Å²) in [7, 11) is 0. The highest BCUT2D eigenvalue weighted by Crippen LogP contribution is 2.42. The Labute approximate surface area is 275 Å². The first-order valence-corrected chi connectivity index (χ1v) is 14.9. The molecular weight excluding hydrogens is 628 g/mol. The Morgan fingerprint density at radius 3 is 1.94 bits per heavy atom. The van der Waals surface area contributed by atoms with Gasteiger partial charge in [0.1, 0.15) is 22.7 Å². The van der Waals surface area contributed by atoms with Gasteiger partial charge in [-0.05, 0) is 41.0 Å². The Morgan fingerprint density at radius 1 is 0.653 bits per heavy atom. The predicted octanol–water partition coefficient (Wildman–Crippen LogP) is 10.1. The van der Waals surface area contributed by atoms with Crippen LogP contribution in [0, 0.1) is 41.2 Å². The number of hydrogen-bond acceptors (Lipinski definition) is 4. The molecule has 0 aliphatic carbocycles. The molecule has 0 aliphatic rings. The number of nitriles is 1. The van der Waals surface area contributed by atoms with Crippen LogP contribution in [0.1, 0.15) is 5.56 Å². The van der Waals surface area contributed by atoms with Crippen molar-refractivity contribution >= 4 is 38.4 Å². The van der Waals surface area contributed by atoms with Gasteiger partial charge in [0.05, 0.1) is 29.0 Å². The maximum atomic E-state index is 14.9. The monoisotopic (exact) mass is 646 g/mol. The fourth-order valence-corrected chi connectivity index (χ4v) is 6.10. The quantitative estimate of drug-likeness (QED) is 0.0826. The number of hydrogen-bond donors (Lipinski definition) is 0. The topological polar surface area (TPSA) is 71.8 Å². The van der Waals surface area contributed by atoms with Crippen LogP contribution < -0.4 is 0 Å². The third-order valence-electron chi connectivity index (χ3n) is 8.44. The van der Waals surface area contributed by atoms with Crippen molar-refractivity contribution in [1.82, 2.24) is 20.0 Å². The smallest absolute Gasteiger partial charge is 0.187 e. The third kappa shape index (κ3) is 4.66. The number of benzene rings is 6. The molecule has 8 rings (SSSR count). The third-order valence-corrected chi connectivity index (χ3v) is 8.44. The molecule has 0 spiro atoms. The van der Waals surface area contributed by atoms with E-state index in [9.17, 15) is 17.6 Å². The Kier molecular flexibility index (Phi) is 6.86. The molecule has 6 nitrogen and oxygen atoms in total. The number of halogens is 4. The van der Waals surface area contributed by atoms with Gasteiger partial charge in [-0.2, -0.15) is 10.1 Å². The number of fused-ring (bicyclic) bond motifs is 5. The molecule has 6 aromatic carbocycles. The number of aromatic nitrogens is 4. The van der Waals surface area contributed by atoms with Crippen LogP contribution in [0.25, 0.3) is 76.8 Å². The molecular formula is C39H18F4N6. The van der Waals surface area contributed by atoms with Crippen molar-refractivity contribution in [2.75, 3.05) is 0 Å². The summed E-state index contributed by atoms with van der Waals surface area (Å²) in [5.41, 5.74) is 3.29. The van der Waals surface area contributed by atoms with Gasteiger partial charge < -0.3 is 0 Å². The van der Waals surface area contributed by atoms with E-state index in [-0.39, 0.29) is 5.56 Å². The van der Waals surface area contributed by atoms with Gasteiger partial charge in [-0.25, -0.2) is 27.4 Å². The molecule has 49 heavy (non-hydrogen) atoms. The van der Waals surface area contributed by atoms with Crippen molar-refractivity contribution in [1.29, 1.82) is 5.26 Å². The molecule has 10 heteroatoms. The maximum absolute atomic E-state index is 14.9. The van der Waals surface area contributed by atoms with Crippen molar-refractivity contribution in [2.45, 2.75) is 0 Å². The Morgan fingerprint density at radius 2 is 1.27 bits per heavy atom. The van der Waals surface area contributed by atoms with E-state index >= 15 is 0 Å². The highest BCUT2D eigenvalue weighted by Gasteiger charge is 2.27. The van der Waals surface area contributed by atoms with Crippen LogP contribution in [0.2, 0.25) is 0 Å². The zero-order valence-electron chi connectivity index (χ0n) is 25.1. The zero-order chi connectivity index (χ0) is 33.8. The SMILES string of the molecule is [C-]#[N+]c1ccc(-c2nc3ccccc3c3c2cc(-c2ccc(-c4c(F)c(F)c(C#N)c(F)c4F)cc2)c2nn(-c4ccccc4)nc23)cc1. The molecule has 232 valence electrons. The van der Waals surface area contributed by atoms with Crippen molar-refractivity contribution in [3.63, 3.8) is 0 Å². The summed E-state index contributed by atoms with van der Waals surface area (Å²) in [5.74, 6) is -6.83. The summed E-state index contributed by atoms with van der Waals surface area (Å²) in [6, 6.07) is 33.1. The summed E-state index contributed by atoms with van der Waals surface area (Å²) >= 11 is 0. The average molecular weight is 647 g/mol. The van der Waals surface area contributed by atoms with E-state index in [1.807, 2.05) is 72.8 Å². The lowest BCUT2D eigenvalue weighted by Crippen LogP contribution is -2.03. The molecule has 0 saturated carbocycles. The number of rotatable bonds is 4. The van der Waals surface area contributed by atoms with Crippen molar-refractivity contribution in [3.8, 4) is 45.3 Å². The molecule has 2 heterocycles. The summed E-state index contributed by atoms with van der Waals surface area (Å²) in [6.07, 6.45) is 0. The molecule has 2 aromatic heterocycles. The van der Waals surface area contributed by atoms with Gasteiger partial charge in [-0.1, -0.05) is 84.9 Å². The maximum Gasteiger partial charge on any atom is 0.187 e. The molecule has 0 unspecified atom stereocenters. The fraction of sp³-hybridized carbons (Fsp3) is 0. The normalized spacial score (nSPS) is 11.2. The first-order chi connectivity index (χ1) is 23.9. The van der Waals surface area contributed by atoms with Gasteiger partial charge in [-0.3, -0.25) is 0 Å². The Balaban J connectivity index is 1.42. The van der Waals surface area contributed by atoms with Gasteiger partial charge in [0, 0.05) is 21.7 Å². The minimum atomic E-state index is -1.76. The van der Waals surface area contributed by atoms with Crippen LogP contribution in [0.15, 0.2) is 109 Å². The fourth-order valence-electron chi connectivity index (χ4n) is 6.10. The van der Waals surface area contributed by atoms with E-state index in [4.69, 9.17) is 27.0 Å². The van der Waals surface area contributed by atoms with E-state index in [1.165, 1.54) is 23.0 Å². The highest BCUT2D eigenvalue weighted by molar-refractivity contribution is 6.23. The van der Waals surface area contributed by atoms with Gasteiger partial charge >= 0.3 is 0 Å². The first-order valence-electron chi connectivity index (χ1n) is 14.9. The van der Waals surface area contributed by atoms with Crippen LogP contribution in [0.3, 0.4) is 0 Å². The first kappa shape index (κ1) is 29.5. The van der Waals surface area contributed by atoms with Gasteiger partial charge in [0.2, 0.25) is 0 Å². The lowest BCUT2D eigenvalue weighted by molar-refractivity contribution is 0.454. The average Bonchev–Trinajstić information content (AvgIpc) is 3.60. The standard InChI is InChI=1S/C39H18F4N6/c1-45-24-17-15-23(16-18-24)37-28-19-27(21-11-13-22(14-12-21)31-35(42)33(40)29(20-44)34(41)36(31)43)38-39(32(28)26-9-5-6-10-30(26)46-37)48-49(47-38)25-7-3-2-4-8-25/h2-19H. The Hall–Kier alpha value is -6.91. The molecule has 0 atom stereocenters. The second-order valence-corrected chi connectivity index (χ2v) is 11.2. The van der Waals surface area contributed by atoms with E-state index in [0.29, 0.717) is 33.5 Å². The van der Waals surface area contributed by atoms with E-state index in [2.05, 4.69) is 4.85 Å². The highest BCUT2D eigenvalue weighted by atomic mass is 19.2. The summed E-state index contributed by atoms with van der Waals surface area (Å²) in [5, 5.41) is 21.2. The van der Waals surface area contributed by atoms with Gasteiger partial charge in [0.15, 0.2) is 29.0 Å². The molecule has 8 aromatic rings. The Bertz CT molecular complexity index is 2680. The summed E-state index contributed by atoms with van der Waals surface area (Å²) in [6.45, 7) is 7.38. The van der Waals surface area contributed by atoms with Crippen LogP contribution in [-0.2, 0) is 0 Å². The number of para-hydroxylation sites is 2. The lowest BCUT2D eigenvalue weighted by atomic mass is 9.93. The van der Waals surface area contributed by atoms with E-state index < -0.39 is 34.4 Å². The number of nitrogens with zero attached hydrogens (tertiary/aromatic N) is 6. The molecule has 0 aliphatic heterocycles. The second-order valence-electron chi connectivity index (χ2n) is 11.2. The van der Waals surface area contributed by atoms with Crippen LogP contribution in [-0.4, -0.2) is 20.0 Å². The van der Waals surface area contributed by atoms with Crippen molar-refractivity contribution < 1.29 is 17.6 Å². The summed E-state index contributed by atoms with van der Waals surface area (Å²) < 4.78 is 58.9. The molecule has 0 radical (unpaired) electrons. The van der Waals surface area contributed by atoms with Crippen LogP contribution in [0.5, 0.6) is 0 Å². The molecule has 0 saturated heterocycles. The van der Waals surface area contributed by atoms with Crippen LogP contribution >= 0.6 is 0 Å². The molecule has 0 bridgehead atoms.